The Hall–Kier alpha value is -2.81. The number of hydrogen-bond donors (Lipinski definition) is 1. The normalized spacial score (nSPS) is 12.5. The molecular weight excluding hydrogens is 346 g/mol. The molecule has 130 valence electrons. The van der Waals surface area contributed by atoms with Crippen molar-refractivity contribution in [3.8, 4) is 11.3 Å². The van der Waals surface area contributed by atoms with Crippen molar-refractivity contribution in [1.29, 1.82) is 0 Å². The van der Waals surface area contributed by atoms with E-state index in [9.17, 15) is 10.1 Å². The van der Waals surface area contributed by atoms with Crippen molar-refractivity contribution in [2.75, 3.05) is 5.32 Å². The van der Waals surface area contributed by atoms with Crippen LogP contribution in [0.5, 0.6) is 0 Å². The quantitative estimate of drug-likeness (QED) is 0.422. The van der Waals surface area contributed by atoms with Gasteiger partial charge in [0.25, 0.3) is 11.5 Å². The molecule has 10 heteroatoms. The first kappa shape index (κ1) is 17.0. The summed E-state index contributed by atoms with van der Waals surface area (Å²) in [6.45, 7) is 6.21. The van der Waals surface area contributed by atoms with Gasteiger partial charge in [0.1, 0.15) is 23.5 Å². The minimum absolute atomic E-state index is 0.0975. The zero-order valence-corrected chi connectivity index (χ0v) is 14.6. The molecule has 3 rings (SSSR count). The van der Waals surface area contributed by atoms with Crippen molar-refractivity contribution >= 4 is 28.9 Å². The summed E-state index contributed by atoms with van der Waals surface area (Å²) in [7, 11) is 0. The molecule has 3 aromatic rings. The van der Waals surface area contributed by atoms with Gasteiger partial charge in [0.05, 0.1) is 16.2 Å². The predicted molar refractivity (Wildman–Crippen MR) is 93.6 cm³/mol. The van der Waals surface area contributed by atoms with Crippen LogP contribution in [0.4, 0.5) is 11.5 Å². The van der Waals surface area contributed by atoms with Crippen LogP contribution in [0.3, 0.4) is 0 Å². The standard InChI is InChI=1S/C15H16ClN7O2/c1-8(2)9(3)20-14-12(11-5-4-10(6-17-11)23(24)25)13(16)21-15-18-7-19-22(14)15/h4-9,20H,1-3H3/t9-/m1/s1. The van der Waals surface area contributed by atoms with E-state index in [1.807, 2.05) is 6.92 Å². The maximum absolute atomic E-state index is 10.8. The van der Waals surface area contributed by atoms with Crippen LogP contribution in [0.2, 0.25) is 5.15 Å². The third-order valence-corrected chi connectivity index (χ3v) is 4.24. The number of nitro groups is 1. The SMILES string of the molecule is CC(C)[C@@H](C)Nc1c(-c2ccc([N+](=O)[O-])cn2)c(Cl)nc2ncnn12. The number of anilines is 1. The van der Waals surface area contributed by atoms with E-state index in [2.05, 4.69) is 39.2 Å². The smallest absolute Gasteiger partial charge is 0.287 e. The zero-order chi connectivity index (χ0) is 18.1. The molecule has 3 heterocycles. The Labute approximate surface area is 148 Å². The van der Waals surface area contributed by atoms with Crippen molar-refractivity contribution < 1.29 is 4.92 Å². The first-order chi connectivity index (χ1) is 11.9. The molecule has 0 saturated carbocycles. The highest BCUT2D eigenvalue weighted by molar-refractivity contribution is 6.32. The summed E-state index contributed by atoms with van der Waals surface area (Å²) in [6, 6.07) is 3.03. The van der Waals surface area contributed by atoms with Crippen molar-refractivity contribution in [3.63, 3.8) is 0 Å². The summed E-state index contributed by atoms with van der Waals surface area (Å²) < 4.78 is 1.54. The second-order valence-electron chi connectivity index (χ2n) is 5.93. The van der Waals surface area contributed by atoms with Crippen LogP contribution in [0, 0.1) is 16.0 Å². The number of nitrogens with one attached hydrogen (secondary N) is 1. The van der Waals surface area contributed by atoms with E-state index in [0.29, 0.717) is 28.8 Å². The van der Waals surface area contributed by atoms with Gasteiger partial charge in [-0.1, -0.05) is 25.4 Å². The van der Waals surface area contributed by atoms with Gasteiger partial charge < -0.3 is 5.32 Å². The molecule has 0 aliphatic heterocycles. The Morgan fingerprint density at radius 3 is 2.64 bits per heavy atom. The fraction of sp³-hybridized carbons (Fsp3) is 0.333. The lowest BCUT2D eigenvalue weighted by Crippen LogP contribution is -2.24. The highest BCUT2D eigenvalue weighted by Gasteiger charge is 2.21. The second kappa shape index (κ2) is 6.60. The Bertz CT molecular complexity index is 924. The molecule has 0 aliphatic rings. The van der Waals surface area contributed by atoms with Gasteiger partial charge in [-0.2, -0.15) is 19.6 Å². The molecule has 9 nitrogen and oxygen atoms in total. The highest BCUT2D eigenvalue weighted by atomic mass is 35.5. The Morgan fingerprint density at radius 1 is 1.28 bits per heavy atom. The van der Waals surface area contributed by atoms with Gasteiger partial charge in [-0.05, 0) is 18.9 Å². The van der Waals surface area contributed by atoms with E-state index in [-0.39, 0.29) is 16.9 Å². The molecule has 25 heavy (non-hydrogen) atoms. The van der Waals surface area contributed by atoms with Gasteiger partial charge in [-0.15, -0.1) is 0 Å². The number of fused-ring (bicyclic) bond motifs is 1. The first-order valence-corrected chi connectivity index (χ1v) is 8.03. The summed E-state index contributed by atoms with van der Waals surface area (Å²) in [5.74, 6) is 1.30. The number of pyridine rings is 1. The minimum atomic E-state index is -0.503. The molecule has 0 aromatic carbocycles. The molecule has 1 atom stereocenters. The van der Waals surface area contributed by atoms with Crippen LogP contribution in [0.1, 0.15) is 20.8 Å². The summed E-state index contributed by atoms with van der Waals surface area (Å²) >= 11 is 6.36. The van der Waals surface area contributed by atoms with Gasteiger partial charge in [0.15, 0.2) is 0 Å². The lowest BCUT2D eigenvalue weighted by atomic mass is 10.1. The van der Waals surface area contributed by atoms with Crippen LogP contribution in [0.25, 0.3) is 17.0 Å². The molecule has 3 aromatic heterocycles. The summed E-state index contributed by atoms with van der Waals surface area (Å²) in [6.07, 6.45) is 2.57. The maximum atomic E-state index is 10.8. The molecule has 0 amide bonds. The van der Waals surface area contributed by atoms with Gasteiger partial charge in [0, 0.05) is 12.1 Å². The number of halogens is 1. The third kappa shape index (κ3) is 3.22. The molecule has 0 saturated heterocycles. The summed E-state index contributed by atoms with van der Waals surface area (Å²) in [5.41, 5.74) is 0.876. The monoisotopic (exact) mass is 361 g/mol. The van der Waals surface area contributed by atoms with Crippen molar-refractivity contribution in [1.82, 2.24) is 24.6 Å². The highest BCUT2D eigenvalue weighted by Crippen LogP contribution is 2.34. The summed E-state index contributed by atoms with van der Waals surface area (Å²) in [4.78, 5) is 22.8. The molecule has 0 radical (unpaired) electrons. The fourth-order valence-electron chi connectivity index (χ4n) is 2.20. The molecule has 0 spiro atoms. The Morgan fingerprint density at radius 2 is 2.04 bits per heavy atom. The zero-order valence-electron chi connectivity index (χ0n) is 13.8. The number of rotatable bonds is 5. The van der Waals surface area contributed by atoms with Crippen molar-refractivity contribution in [2.45, 2.75) is 26.8 Å². The van der Waals surface area contributed by atoms with E-state index >= 15 is 0 Å². The largest absolute Gasteiger partial charge is 0.367 e. The molecule has 1 N–H and O–H groups in total. The van der Waals surface area contributed by atoms with E-state index in [1.54, 1.807) is 4.52 Å². The Kier molecular flexibility index (Phi) is 4.49. The van der Waals surface area contributed by atoms with Gasteiger partial charge >= 0.3 is 0 Å². The molecule has 0 unspecified atom stereocenters. The van der Waals surface area contributed by atoms with E-state index in [4.69, 9.17) is 11.6 Å². The van der Waals surface area contributed by atoms with E-state index in [1.165, 1.54) is 24.7 Å². The minimum Gasteiger partial charge on any atom is -0.367 e. The number of aromatic nitrogens is 5. The predicted octanol–water partition coefficient (Wildman–Crippen LogP) is 3.20. The third-order valence-electron chi connectivity index (χ3n) is 3.96. The van der Waals surface area contributed by atoms with E-state index in [0.717, 1.165) is 0 Å². The van der Waals surface area contributed by atoms with Crippen LogP contribution in [0.15, 0.2) is 24.7 Å². The van der Waals surface area contributed by atoms with Crippen molar-refractivity contribution in [2.24, 2.45) is 5.92 Å². The number of hydrogen-bond acceptors (Lipinski definition) is 7. The van der Waals surface area contributed by atoms with Gasteiger partial charge in [-0.25, -0.2) is 4.98 Å². The van der Waals surface area contributed by atoms with Gasteiger partial charge in [-0.3, -0.25) is 10.1 Å². The number of nitrogens with zero attached hydrogens (tertiary/aromatic N) is 6. The lowest BCUT2D eigenvalue weighted by molar-refractivity contribution is -0.385. The van der Waals surface area contributed by atoms with Crippen LogP contribution >= 0.6 is 11.6 Å². The molecule has 0 fully saturated rings. The average molecular weight is 362 g/mol. The Balaban J connectivity index is 2.18. The van der Waals surface area contributed by atoms with Crippen molar-refractivity contribution in [3.05, 3.63) is 39.9 Å². The summed E-state index contributed by atoms with van der Waals surface area (Å²) in [5, 5.41) is 18.6. The molecular formula is C15H16ClN7O2. The molecule has 0 bridgehead atoms. The topological polar surface area (TPSA) is 111 Å². The van der Waals surface area contributed by atoms with Crippen LogP contribution in [-0.2, 0) is 0 Å². The fourth-order valence-corrected chi connectivity index (χ4v) is 2.46. The average Bonchev–Trinajstić information content (AvgIpc) is 3.03. The maximum Gasteiger partial charge on any atom is 0.287 e. The van der Waals surface area contributed by atoms with E-state index < -0.39 is 4.92 Å². The first-order valence-electron chi connectivity index (χ1n) is 7.65. The van der Waals surface area contributed by atoms with Gasteiger partial charge in [0.2, 0.25) is 0 Å². The van der Waals surface area contributed by atoms with Crippen LogP contribution < -0.4 is 5.32 Å². The lowest BCUT2D eigenvalue weighted by Gasteiger charge is -2.21. The molecule has 0 aliphatic carbocycles. The second-order valence-corrected chi connectivity index (χ2v) is 6.29. The van der Waals surface area contributed by atoms with Crippen LogP contribution in [-0.4, -0.2) is 35.5 Å².